The Morgan fingerprint density at radius 3 is 2.60 bits per heavy atom. The van der Waals surface area contributed by atoms with Gasteiger partial charge in [-0.3, -0.25) is 4.79 Å². The first-order valence-electron chi connectivity index (χ1n) is 7.80. The van der Waals surface area contributed by atoms with Gasteiger partial charge in [0.05, 0.1) is 27.0 Å². The van der Waals surface area contributed by atoms with Crippen molar-refractivity contribution in [3.05, 3.63) is 71.9 Å². The van der Waals surface area contributed by atoms with Crippen LogP contribution in [0.4, 0.5) is 5.82 Å². The Morgan fingerprint density at radius 2 is 1.88 bits per heavy atom. The van der Waals surface area contributed by atoms with Gasteiger partial charge in [0.1, 0.15) is 17.3 Å². The normalized spacial score (nSPS) is 10.3. The smallest absolute Gasteiger partial charge is 0.256 e. The summed E-state index contributed by atoms with van der Waals surface area (Å²) >= 11 is 0. The summed E-state index contributed by atoms with van der Waals surface area (Å²) in [6, 6.07) is 16.4. The molecule has 25 heavy (non-hydrogen) atoms. The number of hydrogen-bond acceptors (Lipinski definition) is 4. The van der Waals surface area contributed by atoms with E-state index in [-0.39, 0.29) is 5.91 Å². The van der Waals surface area contributed by atoms with Gasteiger partial charge in [0.2, 0.25) is 0 Å². The topological polar surface area (TPSA) is 65.4 Å². The lowest BCUT2D eigenvalue weighted by molar-refractivity contribution is 0.102. The lowest BCUT2D eigenvalue weighted by atomic mass is 10.2. The van der Waals surface area contributed by atoms with E-state index in [2.05, 4.69) is 10.4 Å². The highest BCUT2D eigenvalue weighted by molar-refractivity contribution is 6.03. The average molecular weight is 337 g/mol. The van der Waals surface area contributed by atoms with Gasteiger partial charge in [-0.1, -0.05) is 18.2 Å². The minimum absolute atomic E-state index is 0.177. The van der Waals surface area contributed by atoms with Crippen molar-refractivity contribution >= 4 is 11.7 Å². The van der Waals surface area contributed by atoms with Gasteiger partial charge in [-0.2, -0.15) is 5.10 Å². The molecule has 0 unspecified atom stereocenters. The summed E-state index contributed by atoms with van der Waals surface area (Å²) < 4.78 is 12.3. The Bertz CT molecular complexity index is 859. The van der Waals surface area contributed by atoms with Gasteiger partial charge in [-0.25, -0.2) is 4.68 Å². The number of carbonyl (C=O) groups excluding carboxylic acids is 1. The van der Waals surface area contributed by atoms with Crippen LogP contribution < -0.4 is 14.8 Å². The Morgan fingerprint density at radius 1 is 1.08 bits per heavy atom. The zero-order valence-electron chi connectivity index (χ0n) is 14.1. The standard InChI is InChI=1S/C19H19N3O3/c1-24-16-9-8-15(17(12-16)25-2)13-22-18(10-11-20-22)21-19(23)14-6-4-3-5-7-14/h3-12H,13H2,1-2H3,(H,21,23). The SMILES string of the molecule is COc1ccc(Cn2nccc2NC(=O)c2ccccc2)c(OC)c1. The zero-order chi connectivity index (χ0) is 17.6. The van der Waals surface area contributed by atoms with E-state index in [1.54, 1.807) is 43.3 Å². The third-order valence-electron chi connectivity index (χ3n) is 3.81. The first-order chi connectivity index (χ1) is 12.2. The summed E-state index contributed by atoms with van der Waals surface area (Å²) in [5, 5.41) is 7.17. The molecule has 1 N–H and O–H groups in total. The lowest BCUT2D eigenvalue weighted by Crippen LogP contribution is -2.16. The number of nitrogens with one attached hydrogen (secondary N) is 1. The highest BCUT2D eigenvalue weighted by Crippen LogP contribution is 2.26. The second kappa shape index (κ2) is 7.53. The third-order valence-corrected chi connectivity index (χ3v) is 3.81. The molecule has 0 spiro atoms. The number of aromatic nitrogens is 2. The zero-order valence-corrected chi connectivity index (χ0v) is 14.1. The van der Waals surface area contributed by atoms with Gasteiger partial charge < -0.3 is 14.8 Å². The number of anilines is 1. The molecule has 0 atom stereocenters. The number of methoxy groups -OCH3 is 2. The Kier molecular flexibility index (Phi) is 4.99. The van der Waals surface area contributed by atoms with Gasteiger partial charge in [0.15, 0.2) is 0 Å². The molecule has 3 aromatic rings. The molecule has 0 bridgehead atoms. The molecule has 0 aliphatic heterocycles. The van der Waals surface area contributed by atoms with E-state index in [1.165, 1.54) is 0 Å². The molecule has 128 valence electrons. The number of benzene rings is 2. The van der Waals surface area contributed by atoms with E-state index < -0.39 is 0 Å². The van der Waals surface area contributed by atoms with Crippen LogP contribution in [-0.2, 0) is 6.54 Å². The maximum absolute atomic E-state index is 12.3. The van der Waals surface area contributed by atoms with Crippen molar-refractivity contribution in [3.8, 4) is 11.5 Å². The van der Waals surface area contributed by atoms with Crippen molar-refractivity contribution in [3.63, 3.8) is 0 Å². The molecule has 0 radical (unpaired) electrons. The Labute approximate surface area is 146 Å². The summed E-state index contributed by atoms with van der Waals surface area (Å²) in [4.78, 5) is 12.3. The number of nitrogens with zero attached hydrogens (tertiary/aromatic N) is 2. The molecule has 1 heterocycles. The van der Waals surface area contributed by atoms with Gasteiger partial charge in [0.25, 0.3) is 5.91 Å². The Hall–Kier alpha value is -3.28. The van der Waals surface area contributed by atoms with E-state index in [0.29, 0.717) is 23.7 Å². The molecule has 0 fully saturated rings. The van der Waals surface area contributed by atoms with E-state index in [4.69, 9.17) is 9.47 Å². The second-order valence-corrected chi connectivity index (χ2v) is 5.37. The Balaban J connectivity index is 1.79. The summed E-state index contributed by atoms with van der Waals surface area (Å²) in [7, 11) is 3.22. The molecule has 0 saturated heterocycles. The third kappa shape index (κ3) is 3.80. The second-order valence-electron chi connectivity index (χ2n) is 5.37. The van der Waals surface area contributed by atoms with E-state index in [0.717, 1.165) is 11.3 Å². The quantitative estimate of drug-likeness (QED) is 0.750. The van der Waals surface area contributed by atoms with Crippen LogP contribution in [0, 0.1) is 0 Å². The monoisotopic (exact) mass is 337 g/mol. The van der Waals surface area contributed by atoms with E-state index in [1.807, 2.05) is 36.4 Å². The number of ether oxygens (including phenoxy) is 2. The first-order valence-corrected chi connectivity index (χ1v) is 7.80. The van der Waals surface area contributed by atoms with Crippen LogP contribution in [0.25, 0.3) is 0 Å². The van der Waals surface area contributed by atoms with Gasteiger partial charge in [-0.05, 0) is 24.3 Å². The molecule has 6 heteroatoms. The molecule has 0 aliphatic carbocycles. The van der Waals surface area contributed by atoms with Crippen molar-refractivity contribution in [1.29, 1.82) is 0 Å². The molecule has 1 aromatic heterocycles. The van der Waals surface area contributed by atoms with Crippen LogP contribution in [0.3, 0.4) is 0 Å². The average Bonchev–Trinajstić information content (AvgIpc) is 3.09. The fourth-order valence-electron chi connectivity index (χ4n) is 2.49. The molecular weight excluding hydrogens is 318 g/mol. The predicted octanol–water partition coefficient (Wildman–Crippen LogP) is 3.20. The number of amides is 1. The minimum atomic E-state index is -0.177. The van der Waals surface area contributed by atoms with Crippen molar-refractivity contribution in [2.45, 2.75) is 6.54 Å². The van der Waals surface area contributed by atoms with E-state index in [9.17, 15) is 4.79 Å². The van der Waals surface area contributed by atoms with E-state index >= 15 is 0 Å². The maximum Gasteiger partial charge on any atom is 0.256 e. The van der Waals surface area contributed by atoms with Gasteiger partial charge in [-0.15, -0.1) is 0 Å². The molecule has 1 amide bonds. The van der Waals surface area contributed by atoms with Crippen molar-refractivity contribution < 1.29 is 14.3 Å². The largest absolute Gasteiger partial charge is 0.497 e. The highest BCUT2D eigenvalue weighted by atomic mass is 16.5. The summed E-state index contributed by atoms with van der Waals surface area (Å²) in [6.07, 6.45) is 1.65. The van der Waals surface area contributed by atoms with Gasteiger partial charge in [0, 0.05) is 23.3 Å². The fourth-order valence-corrected chi connectivity index (χ4v) is 2.49. The molecule has 3 rings (SSSR count). The molecule has 2 aromatic carbocycles. The van der Waals surface area contributed by atoms with Crippen molar-refractivity contribution in [2.24, 2.45) is 0 Å². The van der Waals surface area contributed by atoms with Crippen LogP contribution in [0.5, 0.6) is 11.5 Å². The number of hydrogen-bond donors (Lipinski definition) is 1. The lowest BCUT2D eigenvalue weighted by Gasteiger charge is -2.13. The van der Waals surface area contributed by atoms with Crippen LogP contribution in [0.1, 0.15) is 15.9 Å². The highest BCUT2D eigenvalue weighted by Gasteiger charge is 2.12. The fraction of sp³-hybridized carbons (Fsp3) is 0.158. The van der Waals surface area contributed by atoms with Crippen LogP contribution in [0.15, 0.2) is 60.8 Å². The predicted molar refractivity (Wildman–Crippen MR) is 95.3 cm³/mol. The van der Waals surface area contributed by atoms with Crippen molar-refractivity contribution in [2.75, 3.05) is 19.5 Å². The summed E-state index contributed by atoms with van der Waals surface area (Å²) in [5.41, 5.74) is 1.53. The summed E-state index contributed by atoms with van der Waals surface area (Å²) in [6.45, 7) is 0.463. The van der Waals surface area contributed by atoms with Crippen molar-refractivity contribution in [1.82, 2.24) is 9.78 Å². The van der Waals surface area contributed by atoms with Gasteiger partial charge >= 0.3 is 0 Å². The van der Waals surface area contributed by atoms with Crippen LogP contribution in [-0.4, -0.2) is 29.9 Å². The number of carbonyl (C=O) groups is 1. The molecule has 0 aliphatic rings. The van der Waals surface area contributed by atoms with Crippen LogP contribution in [0.2, 0.25) is 0 Å². The maximum atomic E-state index is 12.3. The van der Waals surface area contributed by atoms with Crippen LogP contribution >= 0.6 is 0 Å². The molecule has 6 nitrogen and oxygen atoms in total. The number of rotatable bonds is 6. The minimum Gasteiger partial charge on any atom is -0.497 e. The first kappa shape index (κ1) is 16.6. The molecular formula is C19H19N3O3. The molecule has 0 saturated carbocycles. The summed E-state index contributed by atoms with van der Waals surface area (Å²) in [5.74, 6) is 1.87.